The number of hydrogen-bond acceptors (Lipinski definition) is 7. The molecule has 0 spiro atoms. The number of carbonyl (C=O) groups excluding carboxylic acids is 2. The summed E-state index contributed by atoms with van der Waals surface area (Å²) < 4.78 is 5.11. The predicted molar refractivity (Wildman–Crippen MR) is 114 cm³/mol. The Morgan fingerprint density at radius 3 is 2.53 bits per heavy atom. The molecule has 1 N–H and O–H groups in total. The molecular weight excluding hydrogens is 406 g/mol. The van der Waals surface area contributed by atoms with E-state index >= 15 is 0 Å². The van der Waals surface area contributed by atoms with Crippen molar-refractivity contribution in [2.75, 3.05) is 11.1 Å². The van der Waals surface area contributed by atoms with Crippen LogP contribution in [0.5, 0.6) is 0 Å². The smallest absolute Gasteiger partial charge is 0.270 e. The van der Waals surface area contributed by atoms with Crippen LogP contribution in [0.1, 0.15) is 32.9 Å². The van der Waals surface area contributed by atoms with Gasteiger partial charge in [-0.1, -0.05) is 35.5 Å². The highest BCUT2D eigenvalue weighted by Gasteiger charge is 2.19. The van der Waals surface area contributed by atoms with E-state index < -0.39 is 10.7 Å². The van der Waals surface area contributed by atoms with E-state index in [1.54, 1.807) is 30.3 Å². The normalized spacial score (nSPS) is 10.6. The molecule has 154 valence electrons. The maximum atomic E-state index is 12.9. The van der Waals surface area contributed by atoms with Gasteiger partial charge in [0.15, 0.2) is 5.78 Å². The van der Waals surface area contributed by atoms with Gasteiger partial charge in [-0.05, 0) is 19.9 Å². The first-order valence-electron chi connectivity index (χ1n) is 9.04. The minimum absolute atomic E-state index is 0.0690. The zero-order chi connectivity index (χ0) is 21.7. The molecule has 0 aliphatic rings. The number of non-ortho nitro benzene ring substituents is 1. The van der Waals surface area contributed by atoms with Crippen LogP contribution in [-0.2, 0) is 10.5 Å². The molecule has 0 saturated heterocycles. The van der Waals surface area contributed by atoms with E-state index in [0.717, 1.165) is 11.3 Å². The summed E-state index contributed by atoms with van der Waals surface area (Å²) in [4.78, 5) is 35.9. The van der Waals surface area contributed by atoms with Gasteiger partial charge in [-0.25, -0.2) is 0 Å². The Kier molecular flexibility index (Phi) is 6.63. The summed E-state index contributed by atoms with van der Waals surface area (Å²) in [6.45, 7) is 3.65. The molecule has 3 aromatic rings. The third kappa shape index (κ3) is 4.93. The summed E-state index contributed by atoms with van der Waals surface area (Å²) in [5.74, 6) is 0.692. The number of anilines is 1. The number of nitro benzene ring substituents is 1. The standard InChI is InChI=1S/C21H19N3O5S/c1-13-18(14(2)29-23-13)11-30-12-20(25)22-19-9-8-16(24(27)28)10-17(19)21(26)15-6-4-3-5-7-15/h3-10H,11-12H2,1-2H3,(H,22,25). The summed E-state index contributed by atoms with van der Waals surface area (Å²) in [5.41, 5.74) is 2.19. The lowest BCUT2D eigenvalue weighted by Gasteiger charge is -2.11. The molecule has 0 aliphatic heterocycles. The van der Waals surface area contributed by atoms with Crippen LogP contribution < -0.4 is 5.32 Å². The number of thioether (sulfide) groups is 1. The summed E-state index contributed by atoms with van der Waals surface area (Å²) in [6.07, 6.45) is 0. The van der Waals surface area contributed by atoms with Gasteiger partial charge in [0.1, 0.15) is 5.76 Å². The van der Waals surface area contributed by atoms with Crippen LogP contribution in [0.3, 0.4) is 0 Å². The first kappa shape index (κ1) is 21.3. The highest BCUT2D eigenvalue weighted by molar-refractivity contribution is 7.99. The summed E-state index contributed by atoms with van der Waals surface area (Å²) in [6, 6.07) is 12.2. The number of benzene rings is 2. The summed E-state index contributed by atoms with van der Waals surface area (Å²) in [5, 5.41) is 17.7. The molecule has 2 aromatic carbocycles. The molecular formula is C21H19N3O5S. The van der Waals surface area contributed by atoms with E-state index in [4.69, 9.17) is 4.52 Å². The molecule has 0 atom stereocenters. The van der Waals surface area contributed by atoms with E-state index in [-0.39, 0.29) is 28.6 Å². The van der Waals surface area contributed by atoms with Crippen LogP contribution in [-0.4, -0.2) is 27.5 Å². The predicted octanol–water partition coefficient (Wildman–Crippen LogP) is 4.30. The van der Waals surface area contributed by atoms with E-state index in [9.17, 15) is 19.7 Å². The highest BCUT2D eigenvalue weighted by atomic mass is 32.2. The Balaban J connectivity index is 1.75. The quantitative estimate of drug-likeness (QED) is 0.325. The van der Waals surface area contributed by atoms with Gasteiger partial charge in [-0.2, -0.15) is 0 Å². The van der Waals surface area contributed by atoms with Crippen LogP contribution in [0.2, 0.25) is 0 Å². The van der Waals surface area contributed by atoms with Crippen molar-refractivity contribution in [1.29, 1.82) is 0 Å². The minimum atomic E-state index is -0.577. The van der Waals surface area contributed by atoms with Gasteiger partial charge in [0.25, 0.3) is 5.69 Å². The number of amides is 1. The monoisotopic (exact) mass is 425 g/mol. The zero-order valence-corrected chi connectivity index (χ0v) is 17.2. The fraction of sp³-hybridized carbons (Fsp3) is 0.190. The van der Waals surface area contributed by atoms with Crippen LogP contribution in [0, 0.1) is 24.0 Å². The Morgan fingerprint density at radius 2 is 1.90 bits per heavy atom. The highest BCUT2D eigenvalue weighted by Crippen LogP contribution is 2.26. The molecule has 0 bridgehead atoms. The molecule has 30 heavy (non-hydrogen) atoms. The van der Waals surface area contributed by atoms with Crippen molar-refractivity contribution in [3.05, 3.63) is 86.8 Å². The molecule has 0 saturated carbocycles. The molecule has 3 rings (SSSR count). The second kappa shape index (κ2) is 9.36. The lowest BCUT2D eigenvalue weighted by molar-refractivity contribution is -0.384. The number of nitro groups is 1. The van der Waals surface area contributed by atoms with Crippen molar-refractivity contribution in [3.63, 3.8) is 0 Å². The zero-order valence-electron chi connectivity index (χ0n) is 16.4. The lowest BCUT2D eigenvalue weighted by Crippen LogP contribution is -2.17. The molecule has 0 fully saturated rings. The van der Waals surface area contributed by atoms with Crippen LogP contribution in [0.15, 0.2) is 53.1 Å². The van der Waals surface area contributed by atoms with Gasteiger partial charge in [0.05, 0.1) is 27.6 Å². The number of rotatable bonds is 8. The van der Waals surface area contributed by atoms with Crippen molar-refractivity contribution in [2.45, 2.75) is 19.6 Å². The van der Waals surface area contributed by atoms with Gasteiger partial charge in [0, 0.05) is 29.0 Å². The maximum Gasteiger partial charge on any atom is 0.270 e. The topological polar surface area (TPSA) is 115 Å². The fourth-order valence-corrected chi connectivity index (χ4v) is 3.80. The minimum Gasteiger partial charge on any atom is -0.361 e. The first-order valence-corrected chi connectivity index (χ1v) is 10.2. The third-order valence-corrected chi connectivity index (χ3v) is 5.39. The van der Waals surface area contributed by atoms with Crippen molar-refractivity contribution in [2.24, 2.45) is 0 Å². The molecule has 1 aromatic heterocycles. The second-order valence-corrected chi connectivity index (χ2v) is 7.51. The largest absolute Gasteiger partial charge is 0.361 e. The van der Waals surface area contributed by atoms with Crippen molar-refractivity contribution >= 4 is 34.8 Å². The number of aromatic nitrogens is 1. The Labute approximate surface area is 176 Å². The van der Waals surface area contributed by atoms with E-state index in [1.807, 2.05) is 13.8 Å². The Hall–Kier alpha value is -3.46. The summed E-state index contributed by atoms with van der Waals surface area (Å²) >= 11 is 1.38. The molecule has 0 radical (unpaired) electrons. The van der Waals surface area contributed by atoms with Gasteiger partial charge in [-0.3, -0.25) is 19.7 Å². The van der Waals surface area contributed by atoms with E-state index in [0.29, 0.717) is 17.1 Å². The number of carbonyl (C=O) groups is 2. The second-order valence-electron chi connectivity index (χ2n) is 6.53. The van der Waals surface area contributed by atoms with Crippen molar-refractivity contribution in [1.82, 2.24) is 5.16 Å². The molecule has 8 nitrogen and oxygen atoms in total. The lowest BCUT2D eigenvalue weighted by atomic mass is 10.0. The number of aryl methyl sites for hydroxylation is 2. The maximum absolute atomic E-state index is 12.9. The van der Waals surface area contributed by atoms with Gasteiger partial charge >= 0.3 is 0 Å². The van der Waals surface area contributed by atoms with Crippen LogP contribution in [0.4, 0.5) is 11.4 Å². The molecule has 9 heteroatoms. The average molecular weight is 425 g/mol. The van der Waals surface area contributed by atoms with Crippen LogP contribution >= 0.6 is 11.8 Å². The fourth-order valence-electron chi connectivity index (χ4n) is 2.83. The average Bonchev–Trinajstić information content (AvgIpc) is 3.06. The number of nitrogens with one attached hydrogen (secondary N) is 1. The number of nitrogens with zero attached hydrogens (tertiary/aromatic N) is 2. The summed E-state index contributed by atoms with van der Waals surface area (Å²) in [7, 11) is 0. The number of hydrogen-bond donors (Lipinski definition) is 1. The molecule has 1 amide bonds. The first-order chi connectivity index (χ1) is 14.4. The molecule has 1 heterocycles. The van der Waals surface area contributed by atoms with Gasteiger partial charge in [-0.15, -0.1) is 11.8 Å². The number of ketones is 1. The van der Waals surface area contributed by atoms with Crippen LogP contribution in [0.25, 0.3) is 0 Å². The van der Waals surface area contributed by atoms with E-state index in [1.165, 1.54) is 30.0 Å². The van der Waals surface area contributed by atoms with E-state index in [2.05, 4.69) is 10.5 Å². The molecule has 0 unspecified atom stereocenters. The van der Waals surface area contributed by atoms with Crippen molar-refractivity contribution < 1.29 is 19.0 Å². The van der Waals surface area contributed by atoms with Gasteiger partial charge in [0.2, 0.25) is 5.91 Å². The Bertz CT molecular complexity index is 1080. The Morgan fingerprint density at radius 1 is 1.17 bits per heavy atom. The molecule has 0 aliphatic carbocycles. The SMILES string of the molecule is Cc1noc(C)c1CSCC(=O)Nc1ccc([N+](=O)[O-])cc1C(=O)c1ccccc1. The van der Waals surface area contributed by atoms with Gasteiger partial charge < -0.3 is 9.84 Å². The third-order valence-electron chi connectivity index (χ3n) is 4.43. The van der Waals surface area contributed by atoms with Crippen molar-refractivity contribution in [3.8, 4) is 0 Å².